The van der Waals surface area contributed by atoms with Crippen LogP contribution in [0.5, 0.6) is 5.75 Å². The van der Waals surface area contributed by atoms with Gasteiger partial charge in [0.1, 0.15) is 5.75 Å². The van der Waals surface area contributed by atoms with Gasteiger partial charge in [0.25, 0.3) is 0 Å². The van der Waals surface area contributed by atoms with Crippen LogP contribution in [0.4, 0.5) is 4.79 Å². The Morgan fingerprint density at radius 2 is 1.85 bits per heavy atom. The van der Waals surface area contributed by atoms with Crippen molar-refractivity contribution in [3.8, 4) is 5.75 Å². The van der Waals surface area contributed by atoms with Gasteiger partial charge in [0.15, 0.2) is 6.73 Å². The van der Waals surface area contributed by atoms with Crippen LogP contribution in [0, 0.1) is 6.92 Å². The lowest BCUT2D eigenvalue weighted by Gasteiger charge is -2.23. The molecule has 0 bridgehead atoms. The molecular formula is C21H27ClN2O2. The molecule has 2 rings (SSSR count). The summed E-state index contributed by atoms with van der Waals surface area (Å²) in [6.07, 6.45) is 0.681. The Balaban J connectivity index is 1.79. The van der Waals surface area contributed by atoms with Crippen LogP contribution < -0.4 is 15.4 Å². The zero-order chi connectivity index (χ0) is 19.2. The van der Waals surface area contributed by atoms with E-state index in [0.717, 1.165) is 16.9 Å². The fourth-order valence-corrected chi connectivity index (χ4v) is 2.84. The Bertz CT molecular complexity index is 754. The van der Waals surface area contributed by atoms with Gasteiger partial charge in [0.2, 0.25) is 0 Å². The first-order chi connectivity index (χ1) is 12.3. The van der Waals surface area contributed by atoms with Gasteiger partial charge in [-0.1, -0.05) is 68.3 Å². The molecule has 0 aliphatic rings. The predicted molar refractivity (Wildman–Crippen MR) is 107 cm³/mol. The first kappa shape index (κ1) is 20.1. The summed E-state index contributed by atoms with van der Waals surface area (Å²) in [5.41, 5.74) is 3.30. The molecule has 0 saturated heterocycles. The van der Waals surface area contributed by atoms with Crippen LogP contribution in [0.15, 0.2) is 42.5 Å². The highest BCUT2D eigenvalue weighted by Gasteiger charge is 2.19. The molecule has 0 radical (unpaired) electrons. The second kappa shape index (κ2) is 8.95. The van der Waals surface area contributed by atoms with Gasteiger partial charge in [0.05, 0.1) is 0 Å². The van der Waals surface area contributed by atoms with E-state index in [9.17, 15) is 4.79 Å². The SMILES string of the molecule is Cc1ccc(OCNC(=O)NCCc2ccccc2Cl)c(C(C)(C)C)c1. The van der Waals surface area contributed by atoms with Crippen LogP contribution in [0.3, 0.4) is 0 Å². The highest BCUT2D eigenvalue weighted by molar-refractivity contribution is 6.31. The van der Waals surface area contributed by atoms with Crippen LogP contribution in [-0.4, -0.2) is 19.3 Å². The minimum absolute atomic E-state index is 0.0292. The van der Waals surface area contributed by atoms with Crippen molar-refractivity contribution in [3.63, 3.8) is 0 Å². The van der Waals surface area contributed by atoms with Gasteiger partial charge in [0, 0.05) is 11.6 Å². The zero-order valence-corrected chi connectivity index (χ0v) is 16.6. The average Bonchev–Trinajstić information content (AvgIpc) is 2.57. The Kier molecular flexibility index (Phi) is 6.92. The molecule has 0 atom stereocenters. The van der Waals surface area contributed by atoms with Gasteiger partial charge < -0.3 is 15.4 Å². The van der Waals surface area contributed by atoms with Crippen molar-refractivity contribution < 1.29 is 9.53 Å². The molecule has 0 aliphatic carbocycles. The van der Waals surface area contributed by atoms with E-state index < -0.39 is 0 Å². The highest BCUT2D eigenvalue weighted by atomic mass is 35.5. The minimum Gasteiger partial charge on any atom is -0.473 e. The molecule has 4 nitrogen and oxygen atoms in total. The summed E-state index contributed by atoms with van der Waals surface area (Å²) in [5, 5.41) is 6.24. The Hall–Kier alpha value is -2.20. The summed E-state index contributed by atoms with van der Waals surface area (Å²) in [6, 6.07) is 13.4. The van der Waals surface area contributed by atoms with Crippen LogP contribution in [0.1, 0.15) is 37.5 Å². The zero-order valence-electron chi connectivity index (χ0n) is 15.9. The van der Waals surface area contributed by atoms with Gasteiger partial charge in [-0.25, -0.2) is 4.79 Å². The lowest BCUT2D eigenvalue weighted by Crippen LogP contribution is -2.38. The molecule has 26 heavy (non-hydrogen) atoms. The standard InChI is InChI=1S/C21H27ClN2O2/c1-15-9-10-19(17(13-15)21(2,3)4)26-14-24-20(25)23-12-11-16-7-5-6-8-18(16)22/h5-10,13H,11-12,14H2,1-4H3,(H2,23,24,25). The first-order valence-corrected chi connectivity index (χ1v) is 9.14. The van der Waals surface area contributed by atoms with Crippen molar-refractivity contribution in [2.75, 3.05) is 13.3 Å². The monoisotopic (exact) mass is 374 g/mol. The summed E-state index contributed by atoms with van der Waals surface area (Å²) in [4.78, 5) is 11.9. The fraction of sp³-hybridized carbons (Fsp3) is 0.381. The largest absolute Gasteiger partial charge is 0.473 e. The predicted octanol–water partition coefficient (Wildman–Crippen LogP) is 4.82. The van der Waals surface area contributed by atoms with Crippen molar-refractivity contribution >= 4 is 17.6 Å². The number of hydrogen-bond acceptors (Lipinski definition) is 2. The topological polar surface area (TPSA) is 50.4 Å². The summed E-state index contributed by atoms with van der Waals surface area (Å²) in [6.45, 7) is 9.11. The third-order valence-corrected chi connectivity index (χ3v) is 4.41. The van der Waals surface area contributed by atoms with Gasteiger partial charge >= 0.3 is 6.03 Å². The van der Waals surface area contributed by atoms with Crippen molar-refractivity contribution in [2.45, 2.75) is 39.5 Å². The number of hydrogen-bond donors (Lipinski definition) is 2. The van der Waals surface area contributed by atoms with Crippen molar-refractivity contribution in [3.05, 3.63) is 64.2 Å². The third kappa shape index (κ3) is 5.95. The number of rotatable bonds is 6. The maximum Gasteiger partial charge on any atom is 0.317 e. The Morgan fingerprint density at radius 1 is 1.12 bits per heavy atom. The number of nitrogens with one attached hydrogen (secondary N) is 2. The molecule has 2 N–H and O–H groups in total. The summed E-state index contributed by atoms with van der Waals surface area (Å²) in [5.74, 6) is 0.791. The van der Waals surface area contributed by atoms with Gasteiger partial charge in [-0.05, 0) is 42.0 Å². The van der Waals surface area contributed by atoms with E-state index in [4.69, 9.17) is 16.3 Å². The molecule has 2 aromatic carbocycles. The summed E-state index contributed by atoms with van der Waals surface area (Å²) in [7, 11) is 0. The van der Waals surface area contributed by atoms with Gasteiger partial charge in [-0.15, -0.1) is 0 Å². The molecule has 140 valence electrons. The molecule has 0 fully saturated rings. The van der Waals surface area contributed by atoms with Crippen LogP contribution >= 0.6 is 11.6 Å². The lowest BCUT2D eigenvalue weighted by atomic mass is 9.85. The van der Waals surface area contributed by atoms with E-state index in [1.807, 2.05) is 36.4 Å². The molecule has 0 unspecified atom stereocenters. The second-order valence-corrected chi connectivity index (χ2v) is 7.72. The number of halogens is 1. The molecule has 0 saturated carbocycles. The summed E-state index contributed by atoms with van der Waals surface area (Å²) >= 11 is 6.11. The number of aryl methyl sites for hydroxylation is 1. The number of benzene rings is 2. The molecule has 2 aromatic rings. The average molecular weight is 375 g/mol. The minimum atomic E-state index is -0.263. The number of carbonyl (C=O) groups excluding carboxylic acids is 1. The smallest absolute Gasteiger partial charge is 0.317 e. The molecular weight excluding hydrogens is 348 g/mol. The fourth-order valence-electron chi connectivity index (χ4n) is 2.61. The maximum absolute atomic E-state index is 11.9. The maximum atomic E-state index is 11.9. The normalized spacial score (nSPS) is 11.1. The van der Waals surface area contributed by atoms with Gasteiger partial charge in [-0.2, -0.15) is 0 Å². The number of urea groups is 1. The van der Waals surface area contributed by atoms with E-state index in [-0.39, 0.29) is 18.2 Å². The molecule has 2 amide bonds. The number of ether oxygens (including phenoxy) is 1. The molecule has 0 aromatic heterocycles. The molecule has 5 heteroatoms. The third-order valence-electron chi connectivity index (χ3n) is 4.04. The van der Waals surface area contributed by atoms with Crippen molar-refractivity contribution in [2.24, 2.45) is 0 Å². The van der Waals surface area contributed by atoms with Crippen LogP contribution in [-0.2, 0) is 11.8 Å². The molecule has 0 spiro atoms. The van der Waals surface area contributed by atoms with E-state index in [1.165, 1.54) is 5.56 Å². The molecule has 0 heterocycles. The van der Waals surface area contributed by atoms with Gasteiger partial charge in [-0.3, -0.25) is 0 Å². The Morgan fingerprint density at radius 3 is 2.54 bits per heavy atom. The highest BCUT2D eigenvalue weighted by Crippen LogP contribution is 2.31. The van der Waals surface area contributed by atoms with E-state index in [0.29, 0.717) is 18.0 Å². The number of amides is 2. The summed E-state index contributed by atoms with van der Waals surface area (Å²) < 4.78 is 5.78. The van der Waals surface area contributed by atoms with Crippen LogP contribution in [0.2, 0.25) is 5.02 Å². The first-order valence-electron chi connectivity index (χ1n) is 8.76. The van der Waals surface area contributed by atoms with E-state index in [2.05, 4.69) is 44.4 Å². The Labute approximate surface area is 160 Å². The van der Waals surface area contributed by atoms with E-state index >= 15 is 0 Å². The van der Waals surface area contributed by atoms with E-state index in [1.54, 1.807) is 0 Å². The van der Waals surface area contributed by atoms with Crippen molar-refractivity contribution in [1.82, 2.24) is 10.6 Å². The van der Waals surface area contributed by atoms with Crippen LogP contribution in [0.25, 0.3) is 0 Å². The second-order valence-electron chi connectivity index (χ2n) is 7.31. The van der Waals surface area contributed by atoms with Crippen molar-refractivity contribution in [1.29, 1.82) is 0 Å². The molecule has 0 aliphatic heterocycles. The lowest BCUT2D eigenvalue weighted by molar-refractivity contribution is 0.223. The number of carbonyl (C=O) groups is 1. The quantitative estimate of drug-likeness (QED) is 0.712.